The molecular formula is C15H25N5. The summed E-state index contributed by atoms with van der Waals surface area (Å²) in [6.45, 7) is 8.17. The number of nitrogens with one attached hydrogen (secondary N) is 1. The van der Waals surface area contributed by atoms with Crippen molar-refractivity contribution in [1.29, 1.82) is 0 Å². The molecule has 0 saturated carbocycles. The highest BCUT2D eigenvalue weighted by Gasteiger charge is 2.30. The number of fused-ring (bicyclic) bond motifs is 1. The smallest absolute Gasteiger partial charge is 0.130 e. The summed E-state index contributed by atoms with van der Waals surface area (Å²) >= 11 is 0. The summed E-state index contributed by atoms with van der Waals surface area (Å²) in [6, 6.07) is 4.90. The average Bonchev–Trinajstić information content (AvgIpc) is 2.47. The van der Waals surface area contributed by atoms with E-state index in [4.69, 9.17) is 0 Å². The number of nitrogens with zero attached hydrogens (tertiary/aromatic N) is 4. The lowest BCUT2D eigenvalue weighted by Gasteiger charge is -2.46. The highest BCUT2D eigenvalue weighted by molar-refractivity contribution is 5.42. The molecule has 1 aromatic rings. The molecule has 0 bridgehead atoms. The van der Waals surface area contributed by atoms with Crippen molar-refractivity contribution in [3.05, 3.63) is 23.9 Å². The standard InChI is InChI=1S/C15H25N5/c1-16-15-13(4-3-5-17-15)10-19-7-9-20-8-6-18(2)11-14(20)12-19/h3-5,14H,6-12H2,1-2H3,(H,16,17)/t14-/m1/s1. The third-order valence-corrected chi connectivity index (χ3v) is 4.50. The van der Waals surface area contributed by atoms with Crippen LogP contribution in [0.4, 0.5) is 5.82 Å². The van der Waals surface area contributed by atoms with Crippen LogP contribution in [0, 0.1) is 0 Å². The summed E-state index contributed by atoms with van der Waals surface area (Å²) < 4.78 is 0. The molecule has 5 heteroatoms. The van der Waals surface area contributed by atoms with Crippen LogP contribution in [0.1, 0.15) is 5.56 Å². The number of pyridine rings is 1. The van der Waals surface area contributed by atoms with Crippen molar-refractivity contribution in [3.8, 4) is 0 Å². The lowest BCUT2D eigenvalue weighted by Crippen LogP contribution is -2.61. The molecule has 2 aliphatic heterocycles. The van der Waals surface area contributed by atoms with Gasteiger partial charge in [0.1, 0.15) is 5.82 Å². The minimum absolute atomic E-state index is 0.692. The highest BCUT2D eigenvalue weighted by atomic mass is 15.3. The SMILES string of the molecule is CNc1ncccc1CN1CCN2CCN(C)C[C@@H]2C1. The lowest BCUT2D eigenvalue weighted by atomic mass is 10.1. The largest absolute Gasteiger partial charge is 0.373 e. The Morgan fingerprint density at radius 2 is 2.10 bits per heavy atom. The third-order valence-electron chi connectivity index (χ3n) is 4.50. The van der Waals surface area contributed by atoms with Gasteiger partial charge in [0.25, 0.3) is 0 Å². The lowest BCUT2D eigenvalue weighted by molar-refractivity contribution is 0.0176. The molecular weight excluding hydrogens is 250 g/mol. The van der Waals surface area contributed by atoms with Crippen LogP contribution >= 0.6 is 0 Å². The first-order valence-electron chi connectivity index (χ1n) is 7.53. The zero-order chi connectivity index (χ0) is 13.9. The molecule has 1 atom stereocenters. The Morgan fingerprint density at radius 3 is 2.95 bits per heavy atom. The molecule has 2 saturated heterocycles. The molecule has 110 valence electrons. The molecule has 0 radical (unpaired) electrons. The van der Waals surface area contributed by atoms with Gasteiger partial charge in [-0.3, -0.25) is 9.80 Å². The Kier molecular flexibility index (Phi) is 4.19. The summed E-state index contributed by atoms with van der Waals surface area (Å²) in [5.74, 6) is 1.01. The minimum Gasteiger partial charge on any atom is -0.373 e. The molecule has 0 aromatic carbocycles. The van der Waals surface area contributed by atoms with Crippen molar-refractivity contribution < 1.29 is 0 Å². The van der Waals surface area contributed by atoms with Crippen molar-refractivity contribution in [2.24, 2.45) is 0 Å². The maximum Gasteiger partial charge on any atom is 0.130 e. The first kappa shape index (κ1) is 13.8. The van der Waals surface area contributed by atoms with E-state index in [1.165, 1.54) is 38.3 Å². The van der Waals surface area contributed by atoms with E-state index < -0.39 is 0 Å². The van der Waals surface area contributed by atoms with Gasteiger partial charge in [0.15, 0.2) is 0 Å². The third kappa shape index (κ3) is 2.95. The van der Waals surface area contributed by atoms with Gasteiger partial charge in [0, 0.05) is 70.7 Å². The van der Waals surface area contributed by atoms with Crippen molar-refractivity contribution >= 4 is 5.82 Å². The molecule has 3 heterocycles. The van der Waals surface area contributed by atoms with Crippen LogP contribution in [0.3, 0.4) is 0 Å². The van der Waals surface area contributed by atoms with Crippen LogP contribution in [0.25, 0.3) is 0 Å². The summed E-state index contributed by atoms with van der Waals surface area (Å²) in [6.07, 6.45) is 1.85. The van der Waals surface area contributed by atoms with Gasteiger partial charge in [-0.1, -0.05) is 6.07 Å². The second kappa shape index (κ2) is 6.08. The normalized spacial score (nSPS) is 25.4. The fraction of sp³-hybridized carbons (Fsp3) is 0.667. The summed E-state index contributed by atoms with van der Waals surface area (Å²) in [4.78, 5) is 12.1. The summed E-state index contributed by atoms with van der Waals surface area (Å²) in [5.41, 5.74) is 1.30. The van der Waals surface area contributed by atoms with Crippen molar-refractivity contribution in [1.82, 2.24) is 19.7 Å². The monoisotopic (exact) mass is 275 g/mol. The van der Waals surface area contributed by atoms with E-state index in [0.717, 1.165) is 18.9 Å². The van der Waals surface area contributed by atoms with E-state index in [1.54, 1.807) is 0 Å². The molecule has 5 nitrogen and oxygen atoms in total. The second-order valence-electron chi connectivity index (χ2n) is 5.95. The van der Waals surface area contributed by atoms with Gasteiger partial charge in [-0.05, 0) is 13.1 Å². The quantitative estimate of drug-likeness (QED) is 0.872. The van der Waals surface area contributed by atoms with E-state index in [-0.39, 0.29) is 0 Å². The minimum atomic E-state index is 0.692. The molecule has 0 amide bonds. The van der Waals surface area contributed by atoms with Crippen LogP contribution in [0.5, 0.6) is 0 Å². The highest BCUT2D eigenvalue weighted by Crippen LogP contribution is 2.19. The van der Waals surface area contributed by atoms with E-state index in [2.05, 4.69) is 38.1 Å². The van der Waals surface area contributed by atoms with E-state index in [0.29, 0.717) is 6.04 Å². The van der Waals surface area contributed by atoms with Gasteiger partial charge in [-0.15, -0.1) is 0 Å². The molecule has 1 N–H and O–H groups in total. The Labute approximate surface area is 121 Å². The van der Waals surface area contributed by atoms with Gasteiger partial charge < -0.3 is 10.2 Å². The number of hydrogen-bond donors (Lipinski definition) is 1. The fourth-order valence-electron chi connectivity index (χ4n) is 3.35. The van der Waals surface area contributed by atoms with Crippen LogP contribution in [0.2, 0.25) is 0 Å². The second-order valence-corrected chi connectivity index (χ2v) is 5.95. The molecule has 0 aliphatic carbocycles. The molecule has 3 rings (SSSR count). The topological polar surface area (TPSA) is 34.6 Å². The number of anilines is 1. The van der Waals surface area contributed by atoms with E-state index >= 15 is 0 Å². The maximum atomic E-state index is 4.40. The molecule has 2 fully saturated rings. The zero-order valence-electron chi connectivity index (χ0n) is 12.5. The van der Waals surface area contributed by atoms with Gasteiger partial charge in [0.05, 0.1) is 0 Å². The van der Waals surface area contributed by atoms with Crippen LogP contribution in [0.15, 0.2) is 18.3 Å². The number of aromatic nitrogens is 1. The Morgan fingerprint density at radius 1 is 1.25 bits per heavy atom. The summed E-state index contributed by atoms with van der Waals surface area (Å²) in [7, 11) is 4.18. The molecule has 0 unspecified atom stereocenters. The van der Waals surface area contributed by atoms with Crippen LogP contribution in [-0.4, -0.2) is 79.1 Å². The molecule has 1 aromatic heterocycles. The number of likely N-dealkylation sites (N-methyl/N-ethyl adjacent to an activating group) is 1. The summed E-state index contributed by atoms with van der Waals surface area (Å²) in [5, 5.41) is 3.19. The number of piperazine rings is 2. The van der Waals surface area contributed by atoms with Crippen LogP contribution in [-0.2, 0) is 6.54 Å². The fourth-order valence-corrected chi connectivity index (χ4v) is 3.35. The molecule has 0 spiro atoms. The van der Waals surface area contributed by atoms with Crippen molar-refractivity contribution in [2.75, 3.05) is 58.7 Å². The Bertz CT molecular complexity index is 450. The maximum absolute atomic E-state index is 4.40. The van der Waals surface area contributed by atoms with Gasteiger partial charge in [0.2, 0.25) is 0 Å². The van der Waals surface area contributed by atoms with Gasteiger partial charge >= 0.3 is 0 Å². The Balaban J connectivity index is 1.64. The van der Waals surface area contributed by atoms with Gasteiger partial charge in [-0.2, -0.15) is 0 Å². The number of rotatable bonds is 3. The number of hydrogen-bond acceptors (Lipinski definition) is 5. The van der Waals surface area contributed by atoms with Crippen molar-refractivity contribution in [2.45, 2.75) is 12.6 Å². The zero-order valence-corrected chi connectivity index (χ0v) is 12.5. The average molecular weight is 275 g/mol. The predicted octanol–water partition coefficient (Wildman–Crippen LogP) is 0.555. The molecule has 20 heavy (non-hydrogen) atoms. The predicted molar refractivity (Wildman–Crippen MR) is 81.9 cm³/mol. The van der Waals surface area contributed by atoms with Crippen molar-refractivity contribution in [3.63, 3.8) is 0 Å². The van der Waals surface area contributed by atoms with Crippen LogP contribution < -0.4 is 5.32 Å². The van der Waals surface area contributed by atoms with Gasteiger partial charge in [-0.25, -0.2) is 4.98 Å². The Hall–Kier alpha value is -1.17. The van der Waals surface area contributed by atoms with E-state index in [1.807, 2.05) is 19.3 Å². The first-order valence-corrected chi connectivity index (χ1v) is 7.53. The molecule has 2 aliphatic rings. The van der Waals surface area contributed by atoms with E-state index in [9.17, 15) is 0 Å². The first-order chi connectivity index (χ1) is 9.76.